The lowest BCUT2D eigenvalue weighted by Gasteiger charge is -2.23. The lowest BCUT2D eigenvalue weighted by Crippen LogP contribution is -2.40. The fraction of sp³-hybridized carbons (Fsp3) is 0.471. The molecule has 0 saturated heterocycles. The van der Waals surface area contributed by atoms with Crippen LogP contribution in [0.5, 0.6) is 0 Å². The van der Waals surface area contributed by atoms with Gasteiger partial charge >= 0.3 is 0 Å². The number of methoxy groups -OCH3 is 1. The molecule has 0 fully saturated rings. The number of ether oxygens (including phenoxy) is 1. The van der Waals surface area contributed by atoms with Crippen molar-refractivity contribution in [2.75, 3.05) is 54.0 Å². The van der Waals surface area contributed by atoms with Gasteiger partial charge in [-0.1, -0.05) is 12.1 Å². The maximum absolute atomic E-state index is 12.3. The molecular formula is C17H23N3O4. The molecule has 130 valence electrons. The summed E-state index contributed by atoms with van der Waals surface area (Å²) in [6.07, 6.45) is 0. The molecule has 0 radical (unpaired) electrons. The fourth-order valence-corrected chi connectivity index (χ4v) is 2.50. The van der Waals surface area contributed by atoms with Gasteiger partial charge in [-0.25, -0.2) is 0 Å². The maximum atomic E-state index is 12.3. The van der Waals surface area contributed by atoms with Gasteiger partial charge in [0.25, 0.3) is 11.8 Å². The molecular weight excluding hydrogens is 310 g/mol. The molecule has 1 aliphatic heterocycles. The minimum Gasteiger partial charge on any atom is -0.375 e. The lowest BCUT2D eigenvalue weighted by atomic mass is 10.1. The van der Waals surface area contributed by atoms with Crippen molar-refractivity contribution in [1.82, 2.24) is 14.7 Å². The molecule has 2 rings (SSSR count). The maximum Gasteiger partial charge on any atom is 0.261 e. The van der Waals surface area contributed by atoms with Crippen molar-refractivity contribution >= 4 is 17.7 Å². The van der Waals surface area contributed by atoms with E-state index in [0.717, 1.165) is 0 Å². The van der Waals surface area contributed by atoms with E-state index in [1.165, 1.54) is 12.0 Å². The zero-order chi connectivity index (χ0) is 17.7. The molecule has 1 aromatic carbocycles. The van der Waals surface area contributed by atoms with E-state index >= 15 is 0 Å². The molecule has 1 aliphatic rings. The van der Waals surface area contributed by atoms with Crippen molar-refractivity contribution in [2.45, 2.75) is 0 Å². The largest absolute Gasteiger partial charge is 0.375 e. The van der Waals surface area contributed by atoms with Crippen molar-refractivity contribution in [2.24, 2.45) is 0 Å². The Morgan fingerprint density at radius 2 is 1.62 bits per heavy atom. The van der Waals surface area contributed by atoms with Crippen LogP contribution in [-0.2, 0) is 9.53 Å². The van der Waals surface area contributed by atoms with Gasteiger partial charge < -0.3 is 14.5 Å². The fourth-order valence-electron chi connectivity index (χ4n) is 2.50. The van der Waals surface area contributed by atoms with Crippen LogP contribution in [0.3, 0.4) is 0 Å². The van der Waals surface area contributed by atoms with Gasteiger partial charge in [0.2, 0.25) is 5.91 Å². The molecule has 0 spiro atoms. The summed E-state index contributed by atoms with van der Waals surface area (Å²) >= 11 is 0. The Bertz CT molecular complexity index is 597. The Morgan fingerprint density at radius 3 is 2.17 bits per heavy atom. The van der Waals surface area contributed by atoms with Crippen molar-refractivity contribution in [3.05, 3.63) is 35.4 Å². The molecule has 0 aromatic heterocycles. The van der Waals surface area contributed by atoms with Crippen LogP contribution in [0.15, 0.2) is 24.3 Å². The summed E-state index contributed by atoms with van der Waals surface area (Å²) in [5.74, 6) is -0.556. The molecule has 3 amide bonds. The van der Waals surface area contributed by atoms with Crippen LogP contribution in [0, 0.1) is 0 Å². The summed E-state index contributed by atoms with van der Waals surface area (Å²) < 4.78 is 4.81. The molecule has 0 bridgehead atoms. The van der Waals surface area contributed by atoms with E-state index < -0.39 is 0 Å². The second-order valence-corrected chi connectivity index (χ2v) is 5.86. The quantitative estimate of drug-likeness (QED) is 0.641. The van der Waals surface area contributed by atoms with E-state index in [9.17, 15) is 14.4 Å². The van der Waals surface area contributed by atoms with Crippen LogP contribution in [0.2, 0.25) is 0 Å². The standard InChI is InChI=1S/C17H23N3O4/c1-18(8-10-19(2)15(21)12-24-3)9-11-20-16(22)13-6-4-5-7-14(13)17(20)23/h4-7H,8-12H2,1-3H3. The molecule has 1 heterocycles. The number of amides is 3. The normalized spacial score (nSPS) is 13.6. The Hall–Kier alpha value is -2.25. The number of hydrogen-bond donors (Lipinski definition) is 0. The van der Waals surface area contributed by atoms with Gasteiger partial charge in [0.1, 0.15) is 6.61 Å². The molecule has 1 aromatic rings. The molecule has 7 nitrogen and oxygen atoms in total. The molecule has 0 N–H and O–H groups in total. The van der Waals surface area contributed by atoms with Crippen molar-refractivity contribution in [3.8, 4) is 0 Å². The second-order valence-electron chi connectivity index (χ2n) is 5.86. The van der Waals surface area contributed by atoms with Crippen LogP contribution in [0.1, 0.15) is 20.7 Å². The van der Waals surface area contributed by atoms with Crippen molar-refractivity contribution in [1.29, 1.82) is 0 Å². The summed E-state index contributed by atoms with van der Waals surface area (Å²) in [6, 6.07) is 6.87. The SMILES string of the molecule is COCC(=O)N(C)CCN(C)CCN1C(=O)c2ccccc2C1=O. The number of nitrogens with zero attached hydrogens (tertiary/aromatic N) is 3. The highest BCUT2D eigenvalue weighted by Crippen LogP contribution is 2.21. The topological polar surface area (TPSA) is 70.2 Å². The van der Waals surface area contributed by atoms with Gasteiger partial charge in [0.05, 0.1) is 11.1 Å². The number of carbonyl (C=O) groups is 3. The molecule has 0 saturated carbocycles. The van der Waals surface area contributed by atoms with Crippen molar-refractivity contribution < 1.29 is 19.1 Å². The molecule has 0 aliphatic carbocycles. The monoisotopic (exact) mass is 333 g/mol. The first-order valence-corrected chi connectivity index (χ1v) is 7.82. The number of benzene rings is 1. The first kappa shape index (κ1) is 18.1. The lowest BCUT2D eigenvalue weighted by molar-refractivity contribution is -0.133. The number of imide groups is 1. The third-order valence-electron chi connectivity index (χ3n) is 4.09. The van der Waals surface area contributed by atoms with E-state index in [-0.39, 0.29) is 24.3 Å². The van der Waals surface area contributed by atoms with Gasteiger partial charge in [-0.2, -0.15) is 0 Å². The Balaban J connectivity index is 1.81. The summed E-state index contributed by atoms with van der Waals surface area (Å²) in [6.45, 7) is 2.15. The summed E-state index contributed by atoms with van der Waals surface area (Å²) in [5.41, 5.74) is 0.935. The highest BCUT2D eigenvalue weighted by atomic mass is 16.5. The Kier molecular flexibility index (Phi) is 6.05. The predicted molar refractivity (Wildman–Crippen MR) is 88.8 cm³/mol. The van der Waals surface area contributed by atoms with Crippen molar-refractivity contribution in [3.63, 3.8) is 0 Å². The second kappa shape index (κ2) is 8.03. The van der Waals surface area contributed by atoms with Gasteiger partial charge in [0.15, 0.2) is 0 Å². The number of rotatable bonds is 8. The van der Waals surface area contributed by atoms with E-state index in [0.29, 0.717) is 37.3 Å². The van der Waals surface area contributed by atoms with E-state index in [4.69, 9.17) is 4.74 Å². The summed E-state index contributed by atoms with van der Waals surface area (Å²) in [5, 5.41) is 0. The first-order chi connectivity index (χ1) is 11.5. The van der Waals surface area contributed by atoms with Gasteiger partial charge in [-0.05, 0) is 19.2 Å². The Labute approximate surface area is 141 Å². The number of fused-ring (bicyclic) bond motifs is 1. The molecule has 0 unspecified atom stereocenters. The number of hydrogen-bond acceptors (Lipinski definition) is 5. The van der Waals surface area contributed by atoms with E-state index in [1.54, 1.807) is 36.2 Å². The van der Waals surface area contributed by atoms with Gasteiger partial charge in [-0.3, -0.25) is 19.3 Å². The zero-order valence-electron chi connectivity index (χ0n) is 14.3. The highest BCUT2D eigenvalue weighted by Gasteiger charge is 2.34. The Morgan fingerprint density at radius 1 is 1.04 bits per heavy atom. The zero-order valence-corrected chi connectivity index (χ0v) is 14.3. The van der Waals surface area contributed by atoms with Crippen LogP contribution in [0.25, 0.3) is 0 Å². The summed E-state index contributed by atoms with van der Waals surface area (Å²) in [7, 11) is 5.10. The minimum atomic E-state index is -0.239. The van der Waals surface area contributed by atoms with Crippen LogP contribution in [0.4, 0.5) is 0 Å². The predicted octanol–water partition coefficient (Wildman–Crippen LogP) is 0.319. The van der Waals surface area contributed by atoms with Crippen LogP contribution in [-0.4, -0.2) is 86.4 Å². The smallest absolute Gasteiger partial charge is 0.261 e. The average molecular weight is 333 g/mol. The minimum absolute atomic E-state index is 0.0647. The van der Waals surface area contributed by atoms with Gasteiger partial charge in [-0.15, -0.1) is 0 Å². The first-order valence-electron chi connectivity index (χ1n) is 7.82. The third kappa shape index (κ3) is 3.98. The van der Waals surface area contributed by atoms with Crippen LogP contribution < -0.4 is 0 Å². The van der Waals surface area contributed by atoms with Crippen LogP contribution >= 0.6 is 0 Å². The molecule has 0 atom stereocenters. The van der Waals surface area contributed by atoms with E-state index in [2.05, 4.69) is 0 Å². The molecule has 7 heteroatoms. The molecule has 24 heavy (non-hydrogen) atoms. The highest BCUT2D eigenvalue weighted by molar-refractivity contribution is 6.21. The third-order valence-corrected chi connectivity index (χ3v) is 4.09. The van der Waals surface area contributed by atoms with Gasteiger partial charge in [0, 0.05) is 40.3 Å². The van der Waals surface area contributed by atoms with E-state index in [1.807, 2.05) is 11.9 Å². The summed E-state index contributed by atoms with van der Waals surface area (Å²) in [4.78, 5) is 41.0. The average Bonchev–Trinajstić information content (AvgIpc) is 2.82. The number of likely N-dealkylation sites (N-methyl/N-ethyl adjacent to an activating group) is 2. The number of carbonyl (C=O) groups excluding carboxylic acids is 3.